The Bertz CT molecular complexity index is 596. The summed E-state index contributed by atoms with van der Waals surface area (Å²) >= 11 is 0. The van der Waals surface area contributed by atoms with Crippen LogP contribution in [0.2, 0.25) is 0 Å². The first kappa shape index (κ1) is 15.9. The lowest BCUT2D eigenvalue weighted by molar-refractivity contribution is -0.189. The van der Waals surface area contributed by atoms with Crippen LogP contribution in [0.1, 0.15) is 37.4 Å². The Morgan fingerprint density at radius 2 is 2.25 bits per heavy atom. The molecule has 7 heteroatoms. The number of carbonyl (C=O) groups is 1. The van der Waals surface area contributed by atoms with E-state index in [9.17, 15) is 4.79 Å². The van der Waals surface area contributed by atoms with Crippen LogP contribution in [0, 0.1) is 5.92 Å². The number of nitrogens with zero attached hydrogens (tertiary/aromatic N) is 2. The third-order valence-electron chi connectivity index (χ3n) is 5.66. The number of hydrogen-bond acceptors (Lipinski definition) is 4. The molecule has 3 heterocycles. The van der Waals surface area contributed by atoms with E-state index < -0.39 is 5.79 Å². The SMILES string of the molecule is CC1([C@@H]2CCCN(C(=O)N[C@@H]3CCc4[nH]ncc4C3)C2)OCCO1. The highest BCUT2D eigenvalue weighted by atomic mass is 16.7. The number of aromatic amines is 1. The maximum Gasteiger partial charge on any atom is 0.317 e. The highest BCUT2D eigenvalue weighted by molar-refractivity contribution is 5.74. The molecule has 0 radical (unpaired) electrons. The molecule has 1 aromatic rings. The topological polar surface area (TPSA) is 79.5 Å². The predicted molar refractivity (Wildman–Crippen MR) is 87.5 cm³/mol. The number of aromatic nitrogens is 2. The first-order valence-electron chi connectivity index (χ1n) is 8.98. The third kappa shape index (κ3) is 3.02. The first-order chi connectivity index (χ1) is 11.6. The number of urea groups is 1. The number of carbonyl (C=O) groups excluding carboxylic acids is 1. The summed E-state index contributed by atoms with van der Waals surface area (Å²) < 4.78 is 11.6. The van der Waals surface area contributed by atoms with Gasteiger partial charge in [0.25, 0.3) is 0 Å². The van der Waals surface area contributed by atoms with Gasteiger partial charge in [-0.2, -0.15) is 5.10 Å². The van der Waals surface area contributed by atoms with Crippen LogP contribution in [0.5, 0.6) is 0 Å². The largest absolute Gasteiger partial charge is 0.347 e. The number of piperidine rings is 1. The van der Waals surface area contributed by atoms with Gasteiger partial charge in [-0.3, -0.25) is 5.10 Å². The molecular weight excluding hydrogens is 308 g/mol. The normalized spacial score (nSPS) is 29.3. The van der Waals surface area contributed by atoms with E-state index in [4.69, 9.17) is 9.47 Å². The molecule has 2 N–H and O–H groups in total. The average Bonchev–Trinajstić information content (AvgIpc) is 3.24. The fourth-order valence-electron chi connectivity index (χ4n) is 4.16. The number of H-pyrrole nitrogens is 1. The molecule has 0 unspecified atom stereocenters. The number of amides is 2. The third-order valence-corrected chi connectivity index (χ3v) is 5.66. The van der Waals surface area contributed by atoms with E-state index in [0.717, 1.165) is 38.6 Å². The van der Waals surface area contributed by atoms with Gasteiger partial charge in [0.2, 0.25) is 0 Å². The van der Waals surface area contributed by atoms with E-state index in [1.54, 1.807) is 0 Å². The van der Waals surface area contributed by atoms with E-state index in [1.807, 2.05) is 18.0 Å². The van der Waals surface area contributed by atoms with Gasteiger partial charge in [0, 0.05) is 30.7 Å². The van der Waals surface area contributed by atoms with Gasteiger partial charge in [-0.15, -0.1) is 0 Å². The molecular formula is C17H26N4O3. The van der Waals surface area contributed by atoms with E-state index in [1.165, 1.54) is 11.3 Å². The van der Waals surface area contributed by atoms with Crippen LogP contribution in [-0.4, -0.2) is 59.3 Å². The van der Waals surface area contributed by atoms with E-state index in [2.05, 4.69) is 15.5 Å². The zero-order valence-corrected chi connectivity index (χ0v) is 14.2. The highest BCUT2D eigenvalue weighted by Crippen LogP contribution is 2.34. The van der Waals surface area contributed by atoms with Crippen molar-refractivity contribution in [3.63, 3.8) is 0 Å². The minimum atomic E-state index is -0.532. The number of rotatable bonds is 2. The monoisotopic (exact) mass is 334 g/mol. The molecule has 1 aromatic heterocycles. The zero-order valence-electron chi connectivity index (χ0n) is 14.2. The lowest BCUT2D eigenvalue weighted by Gasteiger charge is -2.40. The van der Waals surface area contributed by atoms with Gasteiger partial charge < -0.3 is 19.7 Å². The van der Waals surface area contributed by atoms with Crippen LogP contribution >= 0.6 is 0 Å². The lowest BCUT2D eigenvalue weighted by atomic mass is 9.90. The Balaban J connectivity index is 1.34. The van der Waals surface area contributed by atoms with Crippen LogP contribution in [-0.2, 0) is 22.3 Å². The van der Waals surface area contributed by atoms with E-state index in [0.29, 0.717) is 19.8 Å². The van der Waals surface area contributed by atoms with Crippen LogP contribution in [0.15, 0.2) is 6.20 Å². The maximum atomic E-state index is 12.7. The Kier molecular flexibility index (Phi) is 4.22. The van der Waals surface area contributed by atoms with Crippen LogP contribution in [0.25, 0.3) is 0 Å². The van der Waals surface area contributed by atoms with Crippen molar-refractivity contribution < 1.29 is 14.3 Å². The van der Waals surface area contributed by atoms with Crippen LogP contribution in [0.3, 0.4) is 0 Å². The van der Waals surface area contributed by atoms with Crippen LogP contribution in [0.4, 0.5) is 4.79 Å². The molecule has 2 atom stereocenters. The van der Waals surface area contributed by atoms with Crippen molar-refractivity contribution in [2.75, 3.05) is 26.3 Å². The fraction of sp³-hybridized carbons (Fsp3) is 0.765. The van der Waals surface area contributed by atoms with Crippen molar-refractivity contribution in [3.8, 4) is 0 Å². The molecule has 7 nitrogen and oxygen atoms in total. The summed E-state index contributed by atoms with van der Waals surface area (Å²) in [5.41, 5.74) is 2.44. The smallest absolute Gasteiger partial charge is 0.317 e. The minimum Gasteiger partial charge on any atom is -0.347 e. The number of aryl methyl sites for hydroxylation is 1. The molecule has 2 aliphatic heterocycles. The number of hydrogen-bond donors (Lipinski definition) is 2. The molecule has 3 aliphatic rings. The van der Waals surface area contributed by atoms with Crippen molar-refractivity contribution in [2.24, 2.45) is 5.92 Å². The number of likely N-dealkylation sites (tertiary alicyclic amines) is 1. The molecule has 24 heavy (non-hydrogen) atoms. The number of nitrogens with one attached hydrogen (secondary N) is 2. The van der Waals surface area contributed by atoms with Gasteiger partial charge in [-0.05, 0) is 44.6 Å². The summed E-state index contributed by atoms with van der Waals surface area (Å²) in [7, 11) is 0. The van der Waals surface area contributed by atoms with Crippen LogP contribution < -0.4 is 5.32 Å². The Labute approximate surface area is 142 Å². The second-order valence-electron chi connectivity index (χ2n) is 7.26. The standard InChI is InChI=1S/C17H26N4O3/c1-17(23-7-8-24-17)13-3-2-6-21(11-13)16(22)19-14-4-5-15-12(9-14)10-18-20-15/h10,13-14H,2-9,11H2,1H3,(H,18,20)(H,19,22)/t13-,14-/m1/s1. The zero-order chi connectivity index (χ0) is 16.6. The molecule has 4 rings (SSSR count). The molecule has 2 amide bonds. The summed E-state index contributed by atoms with van der Waals surface area (Å²) in [4.78, 5) is 14.6. The fourth-order valence-corrected chi connectivity index (χ4v) is 4.16. The van der Waals surface area contributed by atoms with Gasteiger partial charge in [0.15, 0.2) is 5.79 Å². The first-order valence-corrected chi connectivity index (χ1v) is 8.98. The summed E-state index contributed by atoms with van der Waals surface area (Å²) in [5, 5.41) is 10.3. The van der Waals surface area contributed by atoms with Gasteiger partial charge >= 0.3 is 6.03 Å². The number of ether oxygens (including phenoxy) is 2. The van der Waals surface area contributed by atoms with Crippen molar-refractivity contribution in [1.82, 2.24) is 20.4 Å². The lowest BCUT2D eigenvalue weighted by Crippen LogP contribution is -2.53. The molecule has 0 bridgehead atoms. The number of fused-ring (bicyclic) bond motifs is 1. The van der Waals surface area contributed by atoms with Gasteiger partial charge in [-0.25, -0.2) is 4.79 Å². The van der Waals surface area contributed by atoms with Gasteiger partial charge in [0.1, 0.15) is 0 Å². The Hall–Kier alpha value is -1.60. The second kappa shape index (κ2) is 6.37. The Morgan fingerprint density at radius 3 is 3.08 bits per heavy atom. The minimum absolute atomic E-state index is 0.0400. The van der Waals surface area contributed by atoms with Crippen molar-refractivity contribution in [3.05, 3.63) is 17.5 Å². The average molecular weight is 334 g/mol. The molecule has 2 saturated heterocycles. The highest BCUT2D eigenvalue weighted by Gasteiger charge is 2.42. The summed E-state index contributed by atoms with van der Waals surface area (Å²) in [5.74, 6) is -0.290. The summed E-state index contributed by atoms with van der Waals surface area (Å²) in [6.07, 6.45) is 6.68. The second-order valence-corrected chi connectivity index (χ2v) is 7.26. The van der Waals surface area contributed by atoms with E-state index in [-0.39, 0.29) is 18.0 Å². The Morgan fingerprint density at radius 1 is 1.42 bits per heavy atom. The van der Waals surface area contributed by atoms with Crippen molar-refractivity contribution in [2.45, 2.75) is 50.9 Å². The molecule has 132 valence electrons. The molecule has 0 aromatic carbocycles. The van der Waals surface area contributed by atoms with Crippen molar-refractivity contribution >= 4 is 6.03 Å². The molecule has 0 saturated carbocycles. The van der Waals surface area contributed by atoms with Gasteiger partial charge in [-0.1, -0.05) is 0 Å². The van der Waals surface area contributed by atoms with Crippen molar-refractivity contribution in [1.29, 1.82) is 0 Å². The molecule has 2 fully saturated rings. The summed E-state index contributed by atoms with van der Waals surface area (Å²) in [6, 6.07) is 0.232. The summed E-state index contributed by atoms with van der Waals surface area (Å²) in [6.45, 7) is 4.81. The predicted octanol–water partition coefficient (Wildman–Crippen LogP) is 1.45. The van der Waals surface area contributed by atoms with Gasteiger partial charge in [0.05, 0.1) is 19.4 Å². The molecule has 0 spiro atoms. The van der Waals surface area contributed by atoms with E-state index >= 15 is 0 Å². The maximum absolute atomic E-state index is 12.7. The quantitative estimate of drug-likeness (QED) is 0.858. The molecule has 1 aliphatic carbocycles.